The summed E-state index contributed by atoms with van der Waals surface area (Å²) in [7, 11) is -2.33. The standard InChI is InChI=1S/C10H18NO3S2/c1-8(2)7-10(14-7,6-16(5,13)15)9(3,4)11(8)12/h7H,6H2,1-5H3/t7-,10+,16?/m1/s1. The molecule has 0 bridgehead atoms. The van der Waals surface area contributed by atoms with E-state index in [0.29, 0.717) is 0 Å². The Balaban J connectivity index is 2.41. The van der Waals surface area contributed by atoms with Gasteiger partial charge in [0.2, 0.25) is 0 Å². The van der Waals surface area contributed by atoms with E-state index in [0.717, 1.165) is 5.06 Å². The van der Waals surface area contributed by atoms with Gasteiger partial charge in [-0.15, -0.1) is 10.3 Å². The van der Waals surface area contributed by atoms with Crippen LogP contribution in [0, 0.1) is 0 Å². The van der Waals surface area contributed by atoms with Crippen molar-refractivity contribution in [1.82, 2.24) is 5.06 Å². The fourth-order valence-electron chi connectivity index (χ4n) is 3.03. The topological polar surface area (TPSA) is 52.7 Å². The van der Waals surface area contributed by atoms with E-state index in [9.17, 15) is 9.42 Å². The monoisotopic (exact) mass is 264 g/mol. The average molecular weight is 264 g/mol. The number of hydrogen-bond acceptors (Lipinski definition) is 4. The van der Waals surface area contributed by atoms with Crippen LogP contribution in [0.2, 0.25) is 0 Å². The van der Waals surface area contributed by atoms with Gasteiger partial charge in [0.1, 0.15) is 11.7 Å². The summed E-state index contributed by atoms with van der Waals surface area (Å²) >= 11 is 4.96. The Labute approximate surface area is 102 Å². The Kier molecular flexibility index (Phi) is 2.36. The smallest absolute Gasteiger partial charge is 0.129 e. The van der Waals surface area contributed by atoms with Gasteiger partial charge in [-0.3, -0.25) is 4.21 Å². The van der Waals surface area contributed by atoms with Gasteiger partial charge in [0.15, 0.2) is 0 Å². The molecule has 0 amide bonds. The maximum absolute atomic E-state index is 12.2. The molecule has 2 heterocycles. The number of hydroxylamine groups is 2. The van der Waals surface area contributed by atoms with E-state index >= 15 is 0 Å². The second kappa shape index (κ2) is 2.98. The first-order valence-corrected chi connectivity index (χ1v) is 8.34. The van der Waals surface area contributed by atoms with E-state index in [1.54, 1.807) is 6.26 Å². The second-order valence-corrected chi connectivity index (χ2v) is 10.2. The molecule has 0 saturated carbocycles. The van der Waals surface area contributed by atoms with E-state index in [-0.39, 0.29) is 11.9 Å². The fraction of sp³-hybridized carbons (Fsp3) is 1.00. The first-order valence-electron chi connectivity index (χ1n) is 5.28. The zero-order valence-electron chi connectivity index (χ0n) is 10.3. The molecule has 0 aromatic carbocycles. The van der Waals surface area contributed by atoms with Crippen LogP contribution in [0.15, 0.2) is 0 Å². The van der Waals surface area contributed by atoms with E-state index < -0.39 is 25.2 Å². The molecule has 6 heteroatoms. The predicted molar refractivity (Wildman–Crippen MR) is 64.6 cm³/mol. The summed E-state index contributed by atoms with van der Waals surface area (Å²) in [5, 5.41) is 13.3. The van der Waals surface area contributed by atoms with Crippen molar-refractivity contribution >= 4 is 19.7 Å². The maximum atomic E-state index is 12.2. The van der Waals surface area contributed by atoms with Crippen molar-refractivity contribution in [2.75, 3.05) is 12.0 Å². The van der Waals surface area contributed by atoms with Crippen molar-refractivity contribution in [2.24, 2.45) is 0 Å². The molecule has 0 aromatic heterocycles. The van der Waals surface area contributed by atoms with Gasteiger partial charge in [0.25, 0.3) is 0 Å². The summed E-state index contributed by atoms with van der Waals surface area (Å²) in [6, 6.07) is 0. The van der Waals surface area contributed by atoms with Crippen LogP contribution in [0.5, 0.6) is 0 Å². The number of epoxide rings is 1. The molecular weight excluding hydrogens is 246 g/mol. The Morgan fingerprint density at radius 2 is 1.88 bits per heavy atom. The zero-order chi connectivity index (χ0) is 12.6. The lowest BCUT2D eigenvalue weighted by Crippen LogP contribution is -2.54. The van der Waals surface area contributed by atoms with E-state index in [1.807, 2.05) is 27.7 Å². The molecule has 0 N–H and O–H groups in total. The third kappa shape index (κ3) is 1.40. The van der Waals surface area contributed by atoms with Gasteiger partial charge in [0, 0.05) is 14.7 Å². The number of morpholine rings is 1. The molecule has 2 aliphatic rings. The molecule has 0 aliphatic carbocycles. The highest BCUT2D eigenvalue weighted by molar-refractivity contribution is 8.32. The van der Waals surface area contributed by atoms with Crippen LogP contribution in [-0.4, -0.2) is 44.1 Å². The van der Waals surface area contributed by atoms with Gasteiger partial charge in [0.05, 0.1) is 16.8 Å². The minimum Gasteiger partial charge on any atom is -0.361 e. The first kappa shape index (κ1) is 12.7. The molecule has 2 rings (SSSR count). The summed E-state index contributed by atoms with van der Waals surface area (Å²) in [5.74, 6) is 0.287. The third-order valence-electron chi connectivity index (χ3n) is 3.88. The van der Waals surface area contributed by atoms with Crippen LogP contribution in [0.25, 0.3) is 0 Å². The first-order chi connectivity index (χ1) is 6.95. The number of fused-ring (bicyclic) bond motifs is 1. The van der Waals surface area contributed by atoms with Crippen molar-refractivity contribution in [1.29, 1.82) is 0 Å². The fourth-order valence-corrected chi connectivity index (χ4v) is 4.91. The molecule has 2 saturated heterocycles. The molecule has 3 atom stereocenters. The zero-order valence-corrected chi connectivity index (χ0v) is 11.9. The van der Waals surface area contributed by atoms with Crippen molar-refractivity contribution in [2.45, 2.75) is 50.5 Å². The summed E-state index contributed by atoms with van der Waals surface area (Å²) < 4.78 is 17.5. The Hall–Kier alpha value is 0.250. The van der Waals surface area contributed by atoms with E-state index in [1.165, 1.54) is 0 Å². The summed E-state index contributed by atoms with van der Waals surface area (Å²) in [6.07, 6.45) is 1.39. The van der Waals surface area contributed by atoms with Crippen molar-refractivity contribution in [3.8, 4) is 0 Å². The number of rotatable bonds is 2. The largest absolute Gasteiger partial charge is 0.361 e. The Bertz CT molecular complexity index is 429. The highest BCUT2D eigenvalue weighted by atomic mass is 32.8. The molecular formula is C10H18NO3S2. The second-order valence-electron chi connectivity index (χ2n) is 5.96. The van der Waals surface area contributed by atoms with Gasteiger partial charge in [-0.05, 0) is 38.9 Å². The van der Waals surface area contributed by atoms with Gasteiger partial charge in [-0.1, -0.05) is 0 Å². The maximum Gasteiger partial charge on any atom is 0.129 e. The van der Waals surface area contributed by atoms with Crippen LogP contribution >= 0.6 is 0 Å². The van der Waals surface area contributed by atoms with Crippen molar-refractivity contribution in [3.05, 3.63) is 0 Å². The van der Waals surface area contributed by atoms with E-state index in [2.05, 4.69) is 0 Å². The van der Waals surface area contributed by atoms with E-state index in [4.69, 9.17) is 15.9 Å². The molecule has 0 aromatic rings. The summed E-state index contributed by atoms with van der Waals surface area (Å²) in [4.78, 5) is 0. The van der Waals surface area contributed by atoms with Gasteiger partial charge in [-0.25, -0.2) is 0 Å². The lowest BCUT2D eigenvalue weighted by Gasteiger charge is -2.37. The average Bonchev–Trinajstić information content (AvgIpc) is 2.73. The molecule has 0 spiro atoms. The van der Waals surface area contributed by atoms with Gasteiger partial charge < -0.3 is 4.74 Å². The highest BCUT2D eigenvalue weighted by Gasteiger charge is 2.80. The van der Waals surface area contributed by atoms with Crippen molar-refractivity contribution < 1.29 is 14.2 Å². The van der Waals surface area contributed by atoms with Gasteiger partial charge in [-0.2, -0.15) is 0 Å². The summed E-state index contributed by atoms with van der Waals surface area (Å²) in [6.45, 7) is 7.41. The molecule has 2 aliphatic heterocycles. The Morgan fingerprint density at radius 1 is 1.38 bits per heavy atom. The Morgan fingerprint density at radius 3 is 2.19 bits per heavy atom. The van der Waals surface area contributed by atoms with Crippen molar-refractivity contribution in [3.63, 3.8) is 0 Å². The molecule has 2 fully saturated rings. The van der Waals surface area contributed by atoms with Gasteiger partial charge >= 0.3 is 0 Å². The minimum atomic E-state index is -2.33. The molecule has 4 nitrogen and oxygen atoms in total. The van der Waals surface area contributed by atoms with Crippen LogP contribution in [-0.2, 0) is 29.6 Å². The molecule has 16 heavy (non-hydrogen) atoms. The lowest BCUT2D eigenvalue weighted by atomic mass is 9.88. The van der Waals surface area contributed by atoms with Crippen LogP contribution in [0.3, 0.4) is 0 Å². The van der Waals surface area contributed by atoms with Crippen LogP contribution in [0.4, 0.5) is 0 Å². The normalized spacial score (nSPS) is 43.8. The molecule has 93 valence electrons. The van der Waals surface area contributed by atoms with Crippen LogP contribution in [0.1, 0.15) is 27.7 Å². The molecule has 1 radical (unpaired) electrons. The summed E-state index contributed by atoms with van der Waals surface area (Å²) in [5.41, 5.74) is -1.85. The predicted octanol–water partition coefficient (Wildman–Crippen LogP) is 0.718. The highest BCUT2D eigenvalue weighted by Crippen LogP contribution is 2.61. The lowest BCUT2D eigenvalue weighted by molar-refractivity contribution is -0.275. The number of ether oxygens (including phenoxy) is 1. The third-order valence-corrected chi connectivity index (χ3v) is 5.19. The number of nitrogens with zero attached hydrogens (tertiary/aromatic N) is 1. The number of hydrogen-bond donors (Lipinski definition) is 0. The van der Waals surface area contributed by atoms with Crippen LogP contribution < -0.4 is 0 Å². The SMILES string of the molecule is CC1(C)[C@H]2O[C@]2(CS(C)(=O)=S)C(C)(C)N1[O]. The molecule has 1 unspecified atom stereocenters. The minimum absolute atomic E-state index is 0.156. The quantitative estimate of drug-likeness (QED) is 0.690.